The fourth-order valence-electron chi connectivity index (χ4n) is 7.00. The van der Waals surface area contributed by atoms with Crippen LogP contribution in [0.2, 0.25) is 0 Å². The fraction of sp³-hybridized carbons (Fsp3) is 0.579. The SMILES string of the molecule is CC(C)N1CCN(C(=O)C(C)(C)NC(=O)CCCc2ccc(CCc3cccc4c3c(O[C@@H]3O[C@H](CO)[C@@H](O)[C@H](O)[C@H]3O)nn4CC(N)=O)cc2)CC1. The van der Waals surface area contributed by atoms with Crippen molar-refractivity contribution in [3.05, 3.63) is 59.2 Å². The molecule has 7 N–H and O–H groups in total. The number of ether oxygens (including phenoxy) is 2. The van der Waals surface area contributed by atoms with E-state index in [1.165, 1.54) is 4.68 Å². The third-order valence-corrected chi connectivity index (χ3v) is 10.1. The van der Waals surface area contributed by atoms with Crippen molar-refractivity contribution in [1.29, 1.82) is 0 Å². The summed E-state index contributed by atoms with van der Waals surface area (Å²) < 4.78 is 12.9. The quantitative estimate of drug-likeness (QED) is 0.124. The van der Waals surface area contributed by atoms with Crippen LogP contribution in [0.4, 0.5) is 0 Å². The Bertz CT molecular complexity index is 1720. The van der Waals surface area contributed by atoms with Crippen molar-refractivity contribution in [2.45, 2.75) is 109 Å². The first-order valence-electron chi connectivity index (χ1n) is 18.3. The van der Waals surface area contributed by atoms with Gasteiger partial charge in [0.1, 0.15) is 36.5 Å². The van der Waals surface area contributed by atoms with Crippen LogP contribution in [0.3, 0.4) is 0 Å². The average molecular weight is 739 g/mol. The predicted octanol–water partition coefficient (Wildman–Crippen LogP) is 0.256. The Balaban J connectivity index is 1.17. The smallest absolute Gasteiger partial charge is 0.247 e. The second kappa shape index (κ2) is 17.3. The highest BCUT2D eigenvalue weighted by atomic mass is 16.7. The topological polar surface area (TPSA) is 213 Å². The van der Waals surface area contributed by atoms with E-state index in [9.17, 15) is 34.8 Å². The number of aliphatic hydroxyl groups is 4. The molecule has 5 atom stereocenters. The number of nitrogens with two attached hydrogens (primary N) is 1. The molecule has 15 nitrogen and oxygen atoms in total. The Morgan fingerprint density at radius 2 is 1.62 bits per heavy atom. The van der Waals surface area contributed by atoms with Crippen LogP contribution >= 0.6 is 0 Å². The van der Waals surface area contributed by atoms with E-state index in [0.29, 0.717) is 62.1 Å². The van der Waals surface area contributed by atoms with Gasteiger partial charge in [-0.3, -0.25) is 24.0 Å². The Labute approximate surface area is 309 Å². The molecule has 2 fully saturated rings. The highest BCUT2D eigenvalue weighted by Crippen LogP contribution is 2.33. The summed E-state index contributed by atoms with van der Waals surface area (Å²) in [6.07, 6.45) is -4.58. The summed E-state index contributed by atoms with van der Waals surface area (Å²) in [6, 6.07) is 14.1. The molecular weight excluding hydrogens is 684 g/mol. The number of carbonyl (C=O) groups is 3. The lowest BCUT2D eigenvalue weighted by atomic mass is 9.99. The number of aliphatic hydroxyl groups excluding tert-OH is 4. The first-order valence-corrected chi connectivity index (χ1v) is 18.3. The molecule has 53 heavy (non-hydrogen) atoms. The molecular formula is C38H54N6O9. The van der Waals surface area contributed by atoms with E-state index in [4.69, 9.17) is 15.2 Å². The van der Waals surface area contributed by atoms with Gasteiger partial charge in [0, 0.05) is 38.6 Å². The number of nitrogens with one attached hydrogen (secondary N) is 1. The molecule has 0 radical (unpaired) electrons. The highest BCUT2D eigenvalue weighted by molar-refractivity contribution is 5.91. The van der Waals surface area contributed by atoms with E-state index >= 15 is 0 Å². The second-order valence-electron chi connectivity index (χ2n) is 14.8. The van der Waals surface area contributed by atoms with Crippen LogP contribution in [-0.2, 0) is 44.9 Å². The van der Waals surface area contributed by atoms with Crippen LogP contribution in [0.15, 0.2) is 42.5 Å². The van der Waals surface area contributed by atoms with E-state index < -0.39 is 48.8 Å². The number of rotatable bonds is 15. The lowest BCUT2D eigenvalue weighted by Crippen LogP contribution is -2.60. The predicted molar refractivity (Wildman–Crippen MR) is 196 cm³/mol. The van der Waals surface area contributed by atoms with Gasteiger partial charge in [-0.1, -0.05) is 36.4 Å². The zero-order valence-electron chi connectivity index (χ0n) is 31.0. The molecule has 15 heteroatoms. The minimum Gasteiger partial charge on any atom is -0.443 e. The van der Waals surface area contributed by atoms with Gasteiger partial charge in [-0.25, -0.2) is 0 Å². The molecule has 3 aromatic rings. The maximum atomic E-state index is 13.2. The number of carbonyl (C=O) groups excluding carboxylic acids is 3. The molecule has 0 bridgehead atoms. The van der Waals surface area contributed by atoms with Gasteiger partial charge >= 0.3 is 0 Å². The molecule has 290 valence electrons. The Morgan fingerprint density at radius 1 is 0.962 bits per heavy atom. The number of aromatic nitrogens is 2. The lowest BCUT2D eigenvalue weighted by Gasteiger charge is -2.40. The van der Waals surface area contributed by atoms with E-state index in [-0.39, 0.29) is 24.2 Å². The number of hydrogen-bond donors (Lipinski definition) is 6. The summed E-state index contributed by atoms with van der Waals surface area (Å²) in [5, 5.41) is 48.6. The summed E-state index contributed by atoms with van der Waals surface area (Å²) in [4.78, 5) is 42.0. The van der Waals surface area contributed by atoms with Crippen molar-refractivity contribution >= 4 is 28.6 Å². The average Bonchev–Trinajstić information content (AvgIpc) is 3.47. The molecule has 0 spiro atoms. The van der Waals surface area contributed by atoms with Crippen LogP contribution in [0.5, 0.6) is 5.88 Å². The summed E-state index contributed by atoms with van der Waals surface area (Å²) in [5.74, 6) is -0.787. The van der Waals surface area contributed by atoms with Crippen molar-refractivity contribution in [2.24, 2.45) is 5.73 Å². The van der Waals surface area contributed by atoms with Crippen molar-refractivity contribution < 1.29 is 44.3 Å². The molecule has 2 saturated heterocycles. The van der Waals surface area contributed by atoms with Gasteiger partial charge in [-0.05, 0) is 76.1 Å². The molecule has 2 aromatic carbocycles. The van der Waals surface area contributed by atoms with Gasteiger partial charge in [0.25, 0.3) is 0 Å². The van der Waals surface area contributed by atoms with Gasteiger partial charge < -0.3 is 45.9 Å². The van der Waals surface area contributed by atoms with Crippen LogP contribution in [0.1, 0.15) is 57.2 Å². The molecule has 5 rings (SSSR count). The maximum absolute atomic E-state index is 13.2. The normalized spacial score (nSPS) is 22.7. The maximum Gasteiger partial charge on any atom is 0.247 e. The van der Waals surface area contributed by atoms with Gasteiger partial charge in [0.15, 0.2) is 0 Å². The molecule has 0 unspecified atom stereocenters. The molecule has 2 aliphatic rings. The Hall–Kier alpha value is -4.12. The molecule has 3 heterocycles. The minimum absolute atomic E-state index is 0.0396. The monoisotopic (exact) mass is 738 g/mol. The number of nitrogens with zero attached hydrogens (tertiary/aromatic N) is 4. The van der Waals surface area contributed by atoms with Crippen molar-refractivity contribution in [2.75, 3.05) is 32.8 Å². The molecule has 3 amide bonds. The van der Waals surface area contributed by atoms with Crippen molar-refractivity contribution in [1.82, 2.24) is 24.9 Å². The third-order valence-electron chi connectivity index (χ3n) is 10.1. The Kier molecular flexibility index (Phi) is 13.1. The second-order valence-corrected chi connectivity index (χ2v) is 14.8. The van der Waals surface area contributed by atoms with Crippen LogP contribution in [-0.4, -0.2) is 133 Å². The van der Waals surface area contributed by atoms with Crippen LogP contribution in [0.25, 0.3) is 10.9 Å². The standard InChI is InChI=1S/C38H54N6O9/c1-23(2)42-17-19-43(20-18-42)37(51)38(3,4)40-30(47)10-5-7-24-11-13-25(14-12-24)15-16-26-8-6-9-27-31(26)35(41-44(27)21-29(39)46)53-36-34(50)33(49)32(48)28(22-45)52-36/h6,8-9,11-14,23,28,32-34,36,45,48-50H,5,7,10,15-22H2,1-4H3,(H2,39,46)(H,40,47)/t28-,32-,33+,34-,36+/m1/s1. The van der Waals surface area contributed by atoms with E-state index in [1.807, 2.05) is 41.3 Å². The summed E-state index contributed by atoms with van der Waals surface area (Å²) in [5.41, 5.74) is 8.06. The molecule has 2 aliphatic heterocycles. The molecule has 1 aromatic heterocycles. The summed E-state index contributed by atoms with van der Waals surface area (Å²) in [7, 11) is 0. The molecule has 0 saturated carbocycles. The van der Waals surface area contributed by atoms with E-state index in [0.717, 1.165) is 29.8 Å². The third kappa shape index (κ3) is 9.71. The summed E-state index contributed by atoms with van der Waals surface area (Å²) in [6.45, 7) is 9.97. The largest absolute Gasteiger partial charge is 0.443 e. The van der Waals surface area contributed by atoms with Gasteiger partial charge in [-0.2, -0.15) is 0 Å². The van der Waals surface area contributed by atoms with E-state index in [1.54, 1.807) is 19.9 Å². The number of benzene rings is 2. The van der Waals surface area contributed by atoms with Crippen molar-refractivity contribution in [3.63, 3.8) is 0 Å². The highest BCUT2D eigenvalue weighted by Gasteiger charge is 2.45. The Morgan fingerprint density at radius 3 is 2.25 bits per heavy atom. The zero-order valence-corrected chi connectivity index (χ0v) is 31.0. The van der Waals surface area contributed by atoms with E-state index in [2.05, 4.69) is 29.2 Å². The summed E-state index contributed by atoms with van der Waals surface area (Å²) >= 11 is 0. The fourth-order valence-corrected chi connectivity index (χ4v) is 7.00. The number of hydrogen-bond acceptors (Lipinski definition) is 11. The van der Waals surface area contributed by atoms with Crippen LogP contribution < -0.4 is 15.8 Å². The van der Waals surface area contributed by atoms with Crippen molar-refractivity contribution in [3.8, 4) is 5.88 Å². The van der Waals surface area contributed by atoms with Gasteiger partial charge in [0.2, 0.25) is 29.9 Å². The number of piperazine rings is 1. The van der Waals surface area contributed by atoms with Crippen LogP contribution in [0, 0.1) is 0 Å². The first kappa shape index (κ1) is 40.1. The number of primary amides is 1. The van der Waals surface area contributed by atoms with Gasteiger partial charge in [0.05, 0.1) is 17.5 Å². The number of fused-ring (bicyclic) bond motifs is 1. The van der Waals surface area contributed by atoms with Gasteiger partial charge in [-0.15, -0.1) is 5.10 Å². The minimum atomic E-state index is -1.64. The lowest BCUT2D eigenvalue weighted by molar-refractivity contribution is -0.278. The number of aryl methyl sites for hydroxylation is 3. The number of amides is 3. The molecule has 0 aliphatic carbocycles. The first-order chi connectivity index (χ1) is 25.2. The zero-order chi connectivity index (χ0) is 38.4.